The van der Waals surface area contributed by atoms with Gasteiger partial charge in [-0.1, -0.05) is 30.3 Å². The van der Waals surface area contributed by atoms with E-state index in [2.05, 4.69) is 10.6 Å². The maximum atomic E-state index is 12.9. The minimum Gasteiger partial charge on any atom is -0.493 e. The second-order valence-corrected chi connectivity index (χ2v) is 6.18. The van der Waals surface area contributed by atoms with Gasteiger partial charge in [-0.05, 0) is 30.3 Å². The SMILES string of the molecule is O=C(Nc1ccccc1C(=O)N[C@@H]1CCOc2ccccc21)c1ccco1. The number of rotatable bonds is 4. The average molecular weight is 362 g/mol. The zero-order chi connectivity index (χ0) is 18.6. The first kappa shape index (κ1) is 16.9. The summed E-state index contributed by atoms with van der Waals surface area (Å²) in [6, 6.07) is 17.6. The van der Waals surface area contributed by atoms with Crippen molar-refractivity contribution in [3.05, 3.63) is 83.8 Å². The number of nitrogens with one attached hydrogen (secondary N) is 2. The van der Waals surface area contributed by atoms with E-state index in [0.29, 0.717) is 24.3 Å². The molecule has 0 fully saturated rings. The number of amides is 2. The van der Waals surface area contributed by atoms with Gasteiger partial charge in [0.1, 0.15) is 5.75 Å². The molecule has 2 amide bonds. The fraction of sp³-hybridized carbons (Fsp3) is 0.143. The number of carbonyl (C=O) groups excluding carboxylic acids is 2. The maximum absolute atomic E-state index is 12.9. The van der Waals surface area contributed by atoms with Gasteiger partial charge in [-0.25, -0.2) is 0 Å². The average Bonchev–Trinajstić information content (AvgIpc) is 3.24. The zero-order valence-electron chi connectivity index (χ0n) is 14.5. The van der Waals surface area contributed by atoms with Crippen LogP contribution in [-0.2, 0) is 0 Å². The first-order valence-electron chi connectivity index (χ1n) is 8.69. The Balaban J connectivity index is 1.54. The van der Waals surface area contributed by atoms with Gasteiger partial charge in [0.25, 0.3) is 11.8 Å². The highest BCUT2D eigenvalue weighted by molar-refractivity contribution is 6.07. The fourth-order valence-electron chi connectivity index (χ4n) is 3.11. The number of fused-ring (bicyclic) bond motifs is 1. The molecule has 27 heavy (non-hydrogen) atoms. The Kier molecular flexibility index (Phi) is 4.61. The Morgan fingerprint density at radius 1 is 0.926 bits per heavy atom. The summed E-state index contributed by atoms with van der Waals surface area (Å²) in [6.07, 6.45) is 2.11. The van der Waals surface area contributed by atoms with E-state index in [0.717, 1.165) is 11.3 Å². The lowest BCUT2D eigenvalue weighted by molar-refractivity contribution is 0.0925. The molecule has 0 bridgehead atoms. The molecule has 1 aromatic heterocycles. The molecule has 0 radical (unpaired) electrons. The number of furan rings is 1. The summed E-state index contributed by atoms with van der Waals surface area (Å²) in [7, 11) is 0. The van der Waals surface area contributed by atoms with Crippen LogP contribution in [0.1, 0.15) is 38.9 Å². The quantitative estimate of drug-likeness (QED) is 0.740. The number of benzene rings is 2. The molecule has 1 atom stereocenters. The van der Waals surface area contributed by atoms with Crippen molar-refractivity contribution in [1.82, 2.24) is 5.32 Å². The van der Waals surface area contributed by atoms with E-state index < -0.39 is 5.91 Å². The van der Waals surface area contributed by atoms with Crippen molar-refractivity contribution in [1.29, 1.82) is 0 Å². The third kappa shape index (κ3) is 3.55. The Morgan fingerprint density at radius 3 is 2.59 bits per heavy atom. The predicted octanol–water partition coefficient (Wildman–Crippen LogP) is 3.79. The van der Waals surface area contributed by atoms with Crippen molar-refractivity contribution in [2.75, 3.05) is 11.9 Å². The van der Waals surface area contributed by atoms with Crippen molar-refractivity contribution >= 4 is 17.5 Å². The van der Waals surface area contributed by atoms with Gasteiger partial charge < -0.3 is 19.8 Å². The number of ether oxygens (including phenoxy) is 1. The minimum atomic E-state index is -0.406. The van der Waals surface area contributed by atoms with Gasteiger partial charge in [0.15, 0.2) is 5.76 Å². The molecule has 0 saturated heterocycles. The molecule has 3 aromatic rings. The third-order valence-electron chi connectivity index (χ3n) is 4.43. The van der Waals surface area contributed by atoms with Crippen LogP contribution in [0.4, 0.5) is 5.69 Å². The van der Waals surface area contributed by atoms with Crippen molar-refractivity contribution in [3.8, 4) is 5.75 Å². The fourth-order valence-corrected chi connectivity index (χ4v) is 3.11. The normalized spacial score (nSPS) is 15.3. The van der Waals surface area contributed by atoms with Crippen LogP contribution in [0.15, 0.2) is 71.3 Å². The summed E-state index contributed by atoms with van der Waals surface area (Å²) in [6.45, 7) is 0.541. The summed E-state index contributed by atoms with van der Waals surface area (Å²) in [5.74, 6) is 0.306. The molecule has 1 aliphatic heterocycles. The van der Waals surface area contributed by atoms with Gasteiger partial charge in [0.2, 0.25) is 0 Å². The van der Waals surface area contributed by atoms with Crippen LogP contribution in [0.3, 0.4) is 0 Å². The highest BCUT2D eigenvalue weighted by Crippen LogP contribution is 2.32. The van der Waals surface area contributed by atoms with E-state index in [9.17, 15) is 9.59 Å². The second kappa shape index (κ2) is 7.37. The van der Waals surface area contributed by atoms with Crippen molar-refractivity contribution in [2.24, 2.45) is 0 Å². The molecule has 2 aromatic carbocycles. The van der Waals surface area contributed by atoms with Gasteiger partial charge in [0, 0.05) is 12.0 Å². The molecule has 2 N–H and O–H groups in total. The third-order valence-corrected chi connectivity index (χ3v) is 4.43. The molecule has 0 aliphatic carbocycles. The van der Waals surface area contributed by atoms with Crippen LogP contribution >= 0.6 is 0 Å². The first-order chi connectivity index (χ1) is 13.2. The number of para-hydroxylation sites is 2. The van der Waals surface area contributed by atoms with Crippen LogP contribution < -0.4 is 15.4 Å². The Labute approximate surface area is 156 Å². The lowest BCUT2D eigenvalue weighted by Crippen LogP contribution is -2.32. The van der Waals surface area contributed by atoms with Crippen molar-refractivity contribution in [2.45, 2.75) is 12.5 Å². The highest BCUT2D eigenvalue weighted by atomic mass is 16.5. The molecule has 0 spiro atoms. The van der Waals surface area contributed by atoms with Gasteiger partial charge >= 0.3 is 0 Å². The van der Waals surface area contributed by atoms with E-state index >= 15 is 0 Å². The Bertz CT molecular complexity index is 966. The molecule has 2 heterocycles. The number of anilines is 1. The lowest BCUT2D eigenvalue weighted by Gasteiger charge is -2.27. The van der Waals surface area contributed by atoms with Gasteiger partial charge in [0.05, 0.1) is 30.2 Å². The van der Waals surface area contributed by atoms with Gasteiger partial charge in [-0.15, -0.1) is 0 Å². The van der Waals surface area contributed by atoms with Crippen LogP contribution in [-0.4, -0.2) is 18.4 Å². The molecular formula is C21H18N2O4. The Morgan fingerprint density at radius 2 is 1.74 bits per heavy atom. The molecule has 0 saturated carbocycles. The van der Waals surface area contributed by atoms with Crippen molar-refractivity contribution in [3.63, 3.8) is 0 Å². The summed E-state index contributed by atoms with van der Waals surface area (Å²) in [5.41, 5.74) is 1.77. The van der Waals surface area contributed by atoms with E-state index in [1.165, 1.54) is 6.26 Å². The number of carbonyl (C=O) groups is 2. The van der Waals surface area contributed by atoms with Crippen molar-refractivity contribution < 1.29 is 18.7 Å². The molecule has 1 aliphatic rings. The van der Waals surface area contributed by atoms with Crippen LogP contribution in [0.25, 0.3) is 0 Å². The van der Waals surface area contributed by atoms with Crippen LogP contribution in [0.2, 0.25) is 0 Å². The number of hydrogen-bond donors (Lipinski definition) is 2. The predicted molar refractivity (Wildman–Crippen MR) is 99.9 cm³/mol. The summed E-state index contributed by atoms with van der Waals surface area (Å²) < 4.78 is 10.7. The lowest BCUT2D eigenvalue weighted by atomic mass is 10.00. The van der Waals surface area contributed by atoms with E-state index in [-0.39, 0.29) is 17.7 Å². The molecular weight excluding hydrogens is 344 g/mol. The molecule has 0 unspecified atom stereocenters. The van der Waals surface area contributed by atoms with E-state index in [4.69, 9.17) is 9.15 Å². The standard InChI is InChI=1S/C21H18N2O4/c24-20(22-17-11-13-27-18-9-4-2-6-14(17)18)15-7-1-3-8-16(15)23-21(25)19-10-5-12-26-19/h1-10,12,17H,11,13H2,(H,22,24)(H,23,25)/t17-/m1/s1. The summed E-state index contributed by atoms with van der Waals surface area (Å²) in [5, 5.41) is 5.78. The molecule has 4 rings (SSSR count). The van der Waals surface area contributed by atoms with E-state index in [1.54, 1.807) is 36.4 Å². The largest absolute Gasteiger partial charge is 0.493 e. The van der Waals surface area contributed by atoms with Gasteiger partial charge in [-0.2, -0.15) is 0 Å². The summed E-state index contributed by atoms with van der Waals surface area (Å²) in [4.78, 5) is 25.1. The number of hydrogen-bond acceptors (Lipinski definition) is 4. The van der Waals surface area contributed by atoms with Gasteiger partial charge in [-0.3, -0.25) is 9.59 Å². The minimum absolute atomic E-state index is 0.142. The summed E-state index contributed by atoms with van der Waals surface area (Å²) >= 11 is 0. The van der Waals surface area contributed by atoms with Crippen LogP contribution in [0.5, 0.6) is 5.75 Å². The molecule has 6 heteroatoms. The first-order valence-corrected chi connectivity index (χ1v) is 8.69. The maximum Gasteiger partial charge on any atom is 0.291 e. The topological polar surface area (TPSA) is 80.6 Å². The molecule has 6 nitrogen and oxygen atoms in total. The smallest absolute Gasteiger partial charge is 0.291 e. The second-order valence-electron chi connectivity index (χ2n) is 6.18. The van der Waals surface area contributed by atoms with Crippen LogP contribution in [0, 0.1) is 0 Å². The van der Waals surface area contributed by atoms with E-state index in [1.807, 2.05) is 24.3 Å². The molecule has 136 valence electrons. The zero-order valence-corrected chi connectivity index (χ0v) is 14.5. The Hall–Kier alpha value is -3.54. The highest BCUT2D eigenvalue weighted by Gasteiger charge is 2.24. The monoisotopic (exact) mass is 362 g/mol.